The number of thioether (sulfide) groups is 1. The van der Waals surface area contributed by atoms with E-state index in [0.717, 1.165) is 17.5 Å². The second-order valence-corrected chi connectivity index (χ2v) is 6.05. The third-order valence-corrected chi connectivity index (χ3v) is 4.26. The molecule has 0 saturated carbocycles. The van der Waals surface area contributed by atoms with Crippen molar-refractivity contribution < 1.29 is 9.90 Å². The average molecular weight is 308 g/mol. The van der Waals surface area contributed by atoms with Gasteiger partial charge in [0, 0.05) is 22.1 Å². The van der Waals surface area contributed by atoms with Gasteiger partial charge in [-0.15, -0.1) is 11.8 Å². The highest BCUT2D eigenvalue weighted by atomic mass is 32.2. The summed E-state index contributed by atoms with van der Waals surface area (Å²) in [6.45, 7) is 1.96. The Bertz CT molecular complexity index is 685. The molecule has 0 spiro atoms. The van der Waals surface area contributed by atoms with Crippen molar-refractivity contribution in [3.05, 3.63) is 46.4 Å². The molecule has 0 aliphatic carbocycles. The molecule has 0 radical (unpaired) electrons. The Hall–Kier alpha value is -1.73. The minimum Gasteiger partial charge on any atom is -0.478 e. The molecule has 2 rings (SSSR count). The first-order valence-electron chi connectivity index (χ1n) is 5.84. The predicted octanol–water partition coefficient (Wildman–Crippen LogP) is 2.73. The normalized spacial score (nSPS) is 10.4. The maximum absolute atomic E-state index is 11.5. The first-order valence-corrected chi connectivity index (χ1v) is 7.64. The molecule has 20 heavy (non-hydrogen) atoms. The molecule has 5 nitrogen and oxygen atoms in total. The van der Waals surface area contributed by atoms with Crippen molar-refractivity contribution >= 4 is 29.5 Å². The van der Waals surface area contributed by atoms with Crippen LogP contribution in [0.15, 0.2) is 50.2 Å². The lowest BCUT2D eigenvalue weighted by molar-refractivity contribution is 0.0689. The molecular weight excluding hydrogens is 296 g/mol. The Balaban J connectivity index is 2.43. The second kappa shape index (κ2) is 6.62. The Morgan fingerprint density at radius 2 is 2.10 bits per heavy atom. The maximum atomic E-state index is 11.5. The van der Waals surface area contributed by atoms with Crippen LogP contribution in [0.25, 0.3) is 0 Å². The predicted molar refractivity (Wildman–Crippen MR) is 78.8 cm³/mol. The van der Waals surface area contributed by atoms with Crippen molar-refractivity contribution in [3.63, 3.8) is 0 Å². The van der Waals surface area contributed by atoms with Gasteiger partial charge in [-0.05, 0) is 17.9 Å². The largest absolute Gasteiger partial charge is 0.478 e. The van der Waals surface area contributed by atoms with Gasteiger partial charge < -0.3 is 10.1 Å². The fourth-order valence-electron chi connectivity index (χ4n) is 1.59. The molecular formula is C13H12N2O3S2. The zero-order chi connectivity index (χ0) is 14.5. The molecule has 1 aromatic carbocycles. The lowest BCUT2D eigenvalue weighted by Crippen LogP contribution is -2.06. The smallest absolute Gasteiger partial charge is 0.337 e. The minimum atomic E-state index is -0.984. The lowest BCUT2D eigenvalue weighted by Gasteiger charge is -2.09. The van der Waals surface area contributed by atoms with E-state index in [2.05, 4.69) is 9.97 Å². The monoisotopic (exact) mass is 308 g/mol. The van der Waals surface area contributed by atoms with E-state index >= 15 is 0 Å². The Kier molecular flexibility index (Phi) is 4.86. The van der Waals surface area contributed by atoms with Crippen molar-refractivity contribution in [2.24, 2.45) is 0 Å². The van der Waals surface area contributed by atoms with Gasteiger partial charge in [0.25, 0.3) is 5.56 Å². The molecule has 104 valence electrons. The highest BCUT2D eigenvalue weighted by molar-refractivity contribution is 8.00. The highest BCUT2D eigenvalue weighted by Crippen LogP contribution is 2.33. The van der Waals surface area contributed by atoms with Gasteiger partial charge in [0.05, 0.1) is 5.56 Å². The van der Waals surface area contributed by atoms with Crippen molar-refractivity contribution in [1.82, 2.24) is 9.97 Å². The van der Waals surface area contributed by atoms with E-state index in [1.807, 2.05) is 6.92 Å². The number of hydrogen-bond donors (Lipinski definition) is 2. The summed E-state index contributed by atoms with van der Waals surface area (Å²) in [5.41, 5.74) is -0.0192. The number of nitrogens with one attached hydrogen (secondary N) is 1. The fraction of sp³-hybridized carbons (Fsp3) is 0.154. The summed E-state index contributed by atoms with van der Waals surface area (Å²) in [6.07, 6.45) is 1.40. The van der Waals surface area contributed by atoms with Crippen LogP contribution in [0.5, 0.6) is 0 Å². The molecule has 1 heterocycles. The summed E-state index contributed by atoms with van der Waals surface area (Å²) in [5, 5.41) is 9.76. The molecule has 2 aromatic rings. The summed E-state index contributed by atoms with van der Waals surface area (Å²) in [5.74, 6) is -0.197. The van der Waals surface area contributed by atoms with Crippen LogP contribution in [0, 0.1) is 0 Å². The SMILES string of the molecule is CCSc1cccc(Sc2nccc(=O)[nH]2)c1C(=O)O. The van der Waals surface area contributed by atoms with Crippen molar-refractivity contribution in [1.29, 1.82) is 0 Å². The third-order valence-electron chi connectivity index (χ3n) is 2.36. The van der Waals surface area contributed by atoms with Crippen LogP contribution in [0.1, 0.15) is 17.3 Å². The summed E-state index contributed by atoms with van der Waals surface area (Å²) in [4.78, 5) is 30.6. The quantitative estimate of drug-likeness (QED) is 0.653. The lowest BCUT2D eigenvalue weighted by atomic mass is 10.2. The van der Waals surface area contributed by atoms with Gasteiger partial charge in [-0.1, -0.05) is 24.8 Å². The van der Waals surface area contributed by atoms with Gasteiger partial charge >= 0.3 is 5.97 Å². The molecule has 2 N–H and O–H groups in total. The van der Waals surface area contributed by atoms with E-state index in [0.29, 0.717) is 14.9 Å². The molecule has 1 aromatic heterocycles. The molecule has 0 bridgehead atoms. The maximum Gasteiger partial charge on any atom is 0.337 e. The van der Waals surface area contributed by atoms with Crippen molar-refractivity contribution in [2.75, 3.05) is 5.75 Å². The molecule has 7 heteroatoms. The molecule has 0 unspecified atom stereocenters. The number of benzene rings is 1. The van der Waals surface area contributed by atoms with Gasteiger partial charge in [-0.2, -0.15) is 0 Å². The summed E-state index contributed by atoms with van der Waals surface area (Å²) >= 11 is 2.61. The highest BCUT2D eigenvalue weighted by Gasteiger charge is 2.17. The number of aromatic carboxylic acids is 1. The minimum absolute atomic E-state index is 0.246. The van der Waals surface area contributed by atoms with Crippen LogP contribution < -0.4 is 5.56 Å². The zero-order valence-corrected chi connectivity index (χ0v) is 12.3. The Labute approximate surface area is 123 Å². The number of carbonyl (C=O) groups is 1. The van der Waals surface area contributed by atoms with Gasteiger partial charge in [-0.25, -0.2) is 9.78 Å². The second-order valence-electron chi connectivity index (χ2n) is 3.71. The van der Waals surface area contributed by atoms with Crippen molar-refractivity contribution in [3.8, 4) is 0 Å². The van der Waals surface area contributed by atoms with E-state index in [1.165, 1.54) is 24.0 Å². The zero-order valence-electron chi connectivity index (χ0n) is 10.6. The molecule has 0 amide bonds. The number of aromatic nitrogens is 2. The number of carboxylic acids is 1. The fourth-order valence-corrected chi connectivity index (χ4v) is 3.40. The number of hydrogen-bond acceptors (Lipinski definition) is 5. The van der Waals surface area contributed by atoms with E-state index in [-0.39, 0.29) is 11.1 Å². The standard InChI is InChI=1S/C13H12N2O3S2/c1-2-19-8-4-3-5-9(11(8)12(17)18)20-13-14-7-6-10(16)15-13/h3-7H,2H2,1H3,(H,17,18)(H,14,15,16). The first kappa shape index (κ1) is 14.7. The van der Waals surface area contributed by atoms with E-state index in [9.17, 15) is 14.7 Å². The van der Waals surface area contributed by atoms with E-state index < -0.39 is 5.97 Å². The number of H-pyrrole nitrogens is 1. The van der Waals surface area contributed by atoms with Crippen LogP contribution >= 0.6 is 23.5 Å². The van der Waals surface area contributed by atoms with Crippen LogP contribution in [0.3, 0.4) is 0 Å². The van der Waals surface area contributed by atoms with Gasteiger partial charge in [0.2, 0.25) is 0 Å². The van der Waals surface area contributed by atoms with E-state index in [1.54, 1.807) is 18.2 Å². The first-order chi connectivity index (χ1) is 9.61. The Morgan fingerprint density at radius 1 is 1.35 bits per heavy atom. The molecule has 0 aliphatic heterocycles. The van der Waals surface area contributed by atoms with Crippen LogP contribution in [-0.2, 0) is 0 Å². The third kappa shape index (κ3) is 3.43. The summed E-state index contributed by atoms with van der Waals surface area (Å²) in [7, 11) is 0. The average Bonchev–Trinajstić information content (AvgIpc) is 2.39. The number of nitrogens with zero attached hydrogens (tertiary/aromatic N) is 1. The molecule has 0 atom stereocenters. The van der Waals surface area contributed by atoms with Crippen molar-refractivity contribution in [2.45, 2.75) is 21.9 Å². The molecule has 0 saturated heterocycles. The van der Waals surface area contributed by atoms with E-state index in [4.69, 9.17) is 0 Å². The number of carboxylic acid groups (broad SMARTS) is 1. The Morgan fingerprint density at radius 3 is 2.75 bits per heavy atom. The summed E-state index contributed by atoms with van der Waals surface area (Å²) in [6, 6.07) is 6.60. The molecule has 0 aliphatic rings. The summed E-state index contributed by atoms with van der Waals surface area (Å²) < 4.78 is 0. The number of aromatic amines is 1. The van der Waals surface area contributed by atoms with Gasteiger partial charge in [0.15, 0.2) is 5.16 Å². The van der Waals surface area contributed by atoms with Crippen LogP contribution in [0.2, 0.25) is 0 Å². The van der Waals surface area contributed by atoms with Gasteiger partial charge in [-0.3, -0.25) is 4.79 Å². The van der Waals surface area contributed by atoms with Crippen LogP contribution in [-0.4, -0.2) is 26.8 Å². The topological polar surface area (TPSA) is 83.0 Å². The number of rotatable bonds is 5. The van der Waals surface area contributed by atoms with Crippen LogP contribution in [0.4, 0.5) is 0 Å². The molecule has 0 fully saturated rings. The van der Waals surface area contributed by atoms with Gasteiger partial charge in [0.1, 0.15) is 0 Å².